The highest BCUT2D eigenvalue weighted by molar-refractivity contribution is 7.10. The van der Waals surface area contributed by atoms with Crippen LogP contribution in [-0.4, -0.2) is 38.3 Å². The summed E-state index contributed by atoms with van der Waals surface area (Å²) in [5, 5.41) is 5.82. The fourth-order valence-electron chi connectivity index (χ4n) is 3.22. The van der Waals surface area contributed by atoms with Crippen LogP contribution in [0, 0.1) is 0 Å². The molecule has 0 spiro atoms. The van der Waals surface area contributed by atoms with E-state index in [1.165, 1.54) is 9.78 Å². The molecule has 4 nitrogen and oxygen atoms in total. The van der Waals surface area contributed by atoms with Gasteiger partial charge in [-0.05, 0) is 36.6 Å². The third kappa shape index (κ3) is 4.16. The highest BCUT2D eigenvalue weighted by atomic mass is 35.5. The minimum Gasteiger partial charge on any atom is -0.370 e. The molecule has 1 aromatic heterocycles. The fourth-order valence-corrected chi connectivity index (χ4v) is 4.40. The first kappa shape index (κ1) is 17.4. The number of hydrogen-bond acceptors (Lipinski definition) is 3. The Kier molecular flexibility index (Phi) is 5.89. The Labute approximate surface area is 151 Å². The molecule has 6 heteroatoms. The molecule has 0 aliphatic carbocycles. The van der Waals surface area contributed by atoms with Gasteiger partial charge in [0.25, 0.3) is 5.91 Å². The Hall–Kier alpha value is -1.40. The third-order valence-electron chi connectivity index (χ3n) is 4.37. The predicted molar refractivity (Wildman–Crippen MR) is 97.0 cm³/mol. The first-order chi connectivity index (χ1) is 11.6. The molecule has 128 valence electrons. The molecule has 3 rings (SSSR count). The number of morpholine rings is 1. The number of nitrogens with one attached hydrogen (secondary N) is 2. The lowest BCUT2D eigenvalue weighted by Crippen LogP contribution is -3.15. The van der Waals surface area contributed by atoms with Crippen LogP contribution in [0.25, 0.3) is 0 Å². The molecule has 2 heterocycles. The van der Waals surface area contributed by atoms with Gasteiger partial charge in [0, 0.05) is 10.6 Å². The highest BCUT2D eigenvalue weighted by Crippen LogP contribution is 2.20. The van der Waals surface area contributed by atoms with Crippen molar-refractivity contribution >= 4 is 28.8 Å². The highest BCUT2D eigenvalue weighted by Gasteiger charge is 2.33. The maximum Gasteiger partial charge on any atom is 0.251 e. The summed E-state index contributed by atoms with van der Waals surface area (Å²) < 4.78 is 5.49. The van der Waals surface area contributed by atoms with Crippen molar-refractivity contribution in [3.05, 3.63) is 57.2 Å². The van der Waals surface area contributed by atoms with Gasteiger partial charge in [0.05, 0.1) is 24.1 Å². The quantitative estimate of drug-likeness (QED) is 0.852. The minimum atomic E-state index is -0.0841. The van der Waals surface area contributed by atoms with Crippen molar-refractivity contribution in [3.8, 4) is 0 Å². The number of hydrogen-bond donors (Lipinski definition) is 2. The normalized spacial score (nSPS) is 18.1. The third-order valence-corrected chi connectivity index (χ3v) is 5.56. The molecular formula is C18H22ClN2O2S+. The number of carbonyl (C=O) groups is 1. The molecule has 2 aromatic rings. The van der Waals surface area contributed by atoms with E-state index >= 15 is 0 Å². The number of rotatable bonds is 5. The van der Waals surface area contributed by atoms with Crippen LogP contribution in [0.1, 0.15) is 28.2 Å². The van der Waals surface area contributed by atoms with Crippen molar-refractivity contribution in [2.75, 3.05) is 26.3 Å². The molecule has 1 amide bonds. The molecule has 0 bridgehead atoms. The van der Waals surface area contributed by atoms with Crippen LogP contribution in [0.15, 0.2) is 41.8 Å². The average molecular weight is 366 g/mol. The van der Waals surface area contributed by atoms with Crippen molar-refractivity contribution in [2.24, 2.45) is 0 Å². The summed E-state index contributed by atoms with van der Waals surface area (Å²) >= 11 is 7.74. The summed E-state index contributed by atoms with van der Waals surface area (Å²) in [4.78, 5) is 15.3. The van der Waals surface area contributed by atoms with E-state index in [0.717, 1.165) is 26.3 Å². The molecule has 1 saturated heterocycles. The fraction of sp³-hybridized carbons (Fsp3) is 0.389. The molecule has 1 aliphatic heterocycles. The Morgan fingerprint density at radius 2 is 2.08 bits per heavy atom. The monoisotopic (exact) mass is 365 g/mol. The topological polar surface area (TPSA) is 42.8 Å². The van der Waals surface area contributed by atoms with Gasteiger partial charge in [-0.25, -0.2) is 0 Å². The Morgan fingerprint density at radius 1 is 1.29 bits per heavy atom. The van der Waals surface area contributed by atoms with Gasteiger partial charge in [0.1, 0.15) is 19.1 Å². The second-order valence-corrected chi connectivity index (χ2v) is 7.45. The van der Waals surface area contributed by atoms with Gasteiger partial charge in [-0.2, -0.15) is 0 Å². The van der Waals surface area contributed by atoms with Gasteiger partial charge in [0.15, 0.2) is 0 Å². The number of ether oxygens (including phenoxy) is 1. The lowest BCUT2D eigenvalue weighted by Gasteiger charge is -2.34. The summed E-state index contributed by atoms with van der Waals surface area (Å²) in [6, 6.07) is 11.5. The number of carbonyl (C=O) groups excluding carboxylic acids is 1. The lowest BCUT2D eigenvalue weighted by atomic mass is 10.0. The van der Waals surface area contributed by atoms with Crippen molar-refractivity contribution in [1.29, 1.82) is 0 Å². The van der Waals surface area contributed by atoms with Crippen molar-refractivity contribution in [3.63, 3.8) is 0 Å². The number of benzene rings is 1. The molecule has 0 unspecified atom stereocenters. The second kappa shape index (κ2) is 8.12. The van der Waals surface area contributed by atoms with E-state index in [0.29, 0.717) is 10.6 Å². The molecule has 0 radical (unpaired) electrons. The summed E-state index contributed by atoms with van der Waals surface area (Å²) in [6.07, 6.45) is 0. The zero-order valence-electron chi connectivity index (χ0n) is 13.6. The van der Waals surface area contributed by atoms with Crippen LogP contribution >= 0.6 is 22.9 Å². The molecule has 2 N–H and O–H groups in total. The molecular weight excluding hydrogens is 344 g/mol. The van der Waals surface area contributed by atoms with Gasteiger partial charge in [-0.1, -0.05) is 23.7 Å². The first-order valence-electron chi connectivity index (χ1n) is 8.17. The van der Waals surface area contributed by atoms with Crippen LogP contribution in [0.4, 0.5) is 0 Å². The van der Waals surface area contributed by atoms with Gasteiger partial charge < -0.3 is 15.0 Å². The maximum absolute atomic E-state index is 12.6. The van der Waals surface area contributed by atoms with Gasteiger partial charge in [-0.3, -0.25) is 4.79 Å². The van der Waals surface area contributed by atoms with E-state index in [9.17, 15) is 4.79 Å². The maximum atomic E-state index is 12.6. The molecule has 0 saturated carbocycles. The standard InChI is InChI=1S/C18H21ClN2O2S/c1-13(20-18(22)14-4-2-5-15(19)12-14)17(16-6-3-11-24-16)21-7-9-23-10-8-21/h2-6,11-13,17H,7-10H2,1H3,(H,20,22)/p+1/t13-,17+/m0/s1. The smallest absolute Gasteiger partial charge is 0.251 e. The number of thiophene rings is 1. The molecule has 1 fully saturated rings. The molecule has 1 aliphatic rings. The van der Waals surface area contributed by atoms with Crippen LogP contribution in [-0.2, 0) is 4.74 Å². The predicted octanol–water partition coefficient (Wildman–Crippen LogP) is 2.18. The molecule has 1 aromatic carbocycles. The van der Waals surface area contributed by atoms with E-state index in [-0.39, 0.29) is 18.0 Å². The zero-order chi connectivity index (χ0) is 16.9. The zero-order valence-corrected chi connectivity index (χ0v) is 15.2. The summed E-state index contributed by atoms with van der Waals surface area (Å²) in [5.41, 5.74) is 0.594. The van der Waals surface area contributed by atoms with Gasteiger partial charge in [-0.15, -0.1) is 11.3 Å². The summed E-state index contributed by atoms with van der Waals surface area (Å²) in [7, 11) is 0. The number of halogens is 1. The first-order valence-corrected chi connectivity index (χ1v) is 9.43. The van der Waals surface area contributed by atoms with Crippen LogP contribution in [0.5, 0.6) is 0 Å². The van der Waals surface area contributed by atoms with Crippen LogP contribution < -0.4 is 10.2 Å². The molecule has 2 atom stereocenters. The number of quaternary nitrogens is 1. The van der Waals surface area contributed by atoms with E-state index in [1.807, 2.05) is 0 Å². The van der Waals surface area contributed by atoms with Gasteiger partial charge >= 0.3 is 0 Å². The van der Waals surface area contributed by atoms with E-state index in [1.54, 1.807) is 35.6 Å². The minimum absolute atomic E-state index is 0.0169. The van der Waals surface area contributed by atoms with Crippen LogP contribution in [0.2, 0.25) is 5.02 Å². The van der Waals surface area contributed by atoms with Gasteiger partial charge in [0.2, 0.25) is 0 Å². The molecule has 24 heavy (non-hydrogen) atoms. The average Bonchev–Trinajstić information content (AvgIpc) is 3.10. The van der Waals surface area contributed by atoms with Crippen molar-refractivity contribution in [2.45, 2.75) is 19.0 Å². The van der Waals surface area contributed by atoms with Crippen molar-refractivity contribution in [1.82, 2.24) is 5.32 Å². The Bertz CT molecular complexity index is 671. The Balaban J connectivity index is 1.75. The second-order valence-electron chi connectivity index (χ2n) is 6.04. The summed E-state index contributed by atoms with van der Waals surface area (Å²) in [5.74, 6) is -0.0841. The largest absolute Gasteiger partial charge is 0.370 e. The Morgan fingerprint density at radius 3 is 2.75 bits per heavy atom. The summed E-state index contributed by atoms with van der Waals surface area (Å²) in [6.45, 7) is 5.54. The SMILES string of the molecule is C[C@H](NC(=O)c1cccc(Cl)c1)[C@H](c1cccs1)[NH+]1CCOCC1. The van der Waals surface area contributed by atoms with Crippen molar-refractivity contribution < 1.29 is 14.4 Å². The van der Waals surface area contributed by atoms with Crippen LogP contribution in [0.3, 0.4) is 0 Å². The van der Waals surface area contributed by atoms with E-state index in [4.69, 9.17) is 16.3 Å². The lowest BCUT2D eigenvalue weighted by molar-refractivity contribution is -0.939. The van der Waals surface area contributed by atoms with E-state index in [2.05, 4.69) is 29.8 Å². The number of amides is 1. The van der Waals surface area contributed by atoms with E-state index < -0.39 is 0 Å².